The molecule has 0 bridgehead atoms. The van der Waals surface area contributed by atoms with Gasteiger partial charge >= 0.3 is 0 Å². The highest BCUT2D eigenvalue weighted by Crippen LogP contribution is 2.33. The zero-order valence-electron chi connectivity index (χ0n) is 17.4. The topological polar surface area (TPSA) is 100 Å². The third-order valence-electron chi connectivity index (χ3n) is 5.09. The lowest BCUT2D eigenvalue weighted by Crippen LogP contribution is -2.11. The molecule has 158 valence electrons. The number of nitrogens with one attached hydrogen (secondary N) is 1. The fourth-order valence-corrected chi connectivity index (χ4v) is 3.46. The molecule has 1 heterocycles. The Kier molecular flexibility index (Phi) is 5.68. The molecule has 3 N–H and O–H groups in total. The number of carbonyl (C=O) groups is 1. The van der Waals surface area contributed by atoms with Crippen LogP contribution in [-0.2, 0) is 6.42 Å². The largest absolute Gasteiger partial charge is 0.505 e. The molecule has 0 aliphatic carbocycles. The quantitative estimate of drug-likeness (QED) is 0.441. The van der Waals surface area contributed by atoms with Crippen molar-refractivity contribution in [3.8, 4) is 11.4 Å². The molecule has 0 fully saturated rings. The van der Waals surface area contributed by atoms with Crippen LogP contribution in [-0.4, -0.2) is 37.7 Å². The van der Waals surface area contributed by atoms with Gasteiger partial charge in [0.25, 0.3) is 5.91 Å². The predicted octanol–water partition coefficient (Wildman–Crippen LogP) is 4.04. The number of aromatic hydroxyl groups is 1. The summed E-state index contributed by atoms with van der Waals surface area (Å²) in [5.41, 5.74) is 4.43. The van der Waals surface area contributed by atoms with Gasteiger partial charge in [0.1, 0.15) is 22.5 Å². The fourth-order valence-electron chi connectivity index (χ4n) is 3.46. The first-order valence-electron chi connectivity index (χ1n) is 10.2. The number of nitrogens with zero attached hydrogens (tertiary/aromatic N) is 3. The highest BCUT2D eigenvalue weighted by molar-refractivity contribution is 6.05. The fraction of sp³-hybridized carbons (Fsp3) is 0.208. The average Bonchev–Trinajstić information content (AvgIpc) is 3.18. The van der Waals surface area contributed by atoms with Crippen molar-refractivity contribution < 1.29 is 15.0 Å². The normalized spacial score (nSPS) is 11.2. The minimum absolute atomic E-state index is 0.0101. The second-order valence-corrected chi connectivity index (χ2v) is 7.69. The van der Waals surface area contributed by atoms with Gasteiger partial charge < -0.3 is 15.5 Å². The molecule has 0 atom stereocenters. The van der Waals surface area contributed by atoms with E-state index in [1.165, 1.54) is 4.80 Å². The molecule has 0 saturated heterocycles. The van der Waals surface area contributed by atoms with Crippen molar-refractivity contribution in [2.45, 2.75) is 26.2 Å². The molecule has 0 saturated carbocycles. The van der Waals surface area contributed by atoms with Crippen molar-refractivity contribution in [2.75, 3.05) is 11.9 Å². The van der Waals surface area contributed by atoms with Crippen molar-refractivity contribution in [1.82, 2.24) is 15.0 Å². The summed E-state index contributed by atoms with van der Waals surface area (Å²) in [5.74, 6) is -0.0350. The molecule has 7 heteroatoms. The van der Waals surface area contributed by atoms with Gasteiger partial charge in [0.2, 0.25) is 0 Å². The number of amides is 1. The maximum atomic E-state index is 12.6. The van der Waals surface area contributed by atoms with Crippen LogP contribution in [0.15, 0.2) is 60.7 Å². The van der Waals surface area contributed by atoms with Gasteiger partial charge in [0.05, 0.1) is 0 Å². The maximum absolute atomic E-state index is 12.6. The summed E-state index contributed by atoms with van der Waals surface area (Å²) in [6.45, 7) is 3.99. The first-order chi connectivity index (χ1) is 15.0. The molecule has 0 spiro atoms. The van der Waals surface area contributed by atoms with Crippen LogP contribution < -0.4 is 5.32 Å². The maximum Gasteiger partial charge on any atom is 0.255 e. The molecular weight excluding hydrogens is 392 g/mol. The Balaban J connectivity index is 1.71. The summed E-state index contributed by atoms with van der Waals surface area (Å²) >= 11 is 0. The van der Waals surface area contributed by atoms with Crippen LogP contribution in [0.5, 0.6) is 5.75 Å². The van der Waals surface area contributed by atoms with E-state index < -0.39 is 0 Å². The summed E-state index contributed by atoms with van der Waals surface area (Å²) in [7, 11) is 0. The highest BCUT2D eigenvalue weighted by atomic mass is 16.3. The van der Waals surface area contributed by atoms with Crippen LogP contribution in [0.4, 0.5) is 5.69 Å². The van der Waals surface area contributed by atoms with Crippen molar-refractivity contribution in [2.24, 2.45) is 0 Å². The predicted molar refractivity (Wildman–Crippen MR) is 120 cm³/mol. The molecule has 1 aromatic heterocycles. The second-order valence-electron chi connectivity index (χ2n) is 7.69. The third-order valence-corrected chi connectivity index (χ3v) is 5.09. The molecule has 4 rings (SSSR count). The number of carbonyl (C=O) groups excluding carboxylic acids is 1. The van der Waals surface area contributed by atoms with E-state index in [4.69, 9.17) is 0 Å². The summed E-state index contributed by atoms with van der Waals surface area (Å²) < 4.78 is 0. The zero-order valence-corrected chi connectivity index (χ0v) is 17.4. The Labute approximate surface area is 180 Å². The number of hydrogen-bond donors (Lipinski definition) is 3. The lowest BCUT2D eigenvalue weighted by Gasteiger charge is -2.14. The number of anilines is 1. The lowest BCUT2D eigenvalue weighted by molar-refractivity contribution is 0.102. The van der Waals surface area contributed by atoms with Crippen LogP contribution >= 0.6 is 0 Å². The monoisotopic (exact) mass is 416 g/mol. The van der Waals surface area contributed by atoms with E-state index in [0.29, 0.717) is 34.4 Å². The molecule has 0 unspecified atom stereocenters. The molecule has 0 radical (unpaired) electrons. The van der Waals surface area contributed by atoms with Crippen LogP contribution in [0.3, 0.4) is 0 Å². The minimum Gasteiger partial charge on any atom is -0.505 e. The highest BCUT2D eigenvalue weighted by Gasteiger charge is 2.17. The number of fused-ring (bicyclic) bond motifs is 1. The van der Waals surface area contributed by atoms with Crippen molar-refractivity contribution >= 4 is 22.6 Å². The molecule has 0 aliphatic rings. The Bertz CT molecular complexity index is 1230. The van der Waals surface area contributed by atoms with Crippen LogP contribution in [0, 0.1) is 0 Å². The van der Waals surface area contributed by atoms with Gasteiger partial charge in [-0.1, -0.05) is 38.1 Å². The number of aliphatic hydroxyl groups is 1. The Morgan fingerprint density at radius 2 is 1.77 bits per heavy atom. The van der Waals surface area contributed by atoms with Gasteiger partial charge in [0, 0.05) is 17.9 Å². The number of benzene rings is 3. The molecule has 0 aliphatic heterocycles. The van der Waals surface area contributed by atoms with Gasteiger partial charge in [-0.2, -0.15) is 0 Å². The number of hydrogen-bond acceptors (Lipinski definition) is 5. The number of para-hydroxylation sites is 1. The summed E-state index contributed by atoms with van der Waals surface area (Å²) in [4.78, 5) is 14.0. The Hall–Kier alpha value is -3.71. The van der Waals surface area contributed by atoms with Crippen molar-refractivity contribution in [3.63, 3.8) is 0 Å². The second kappa shape index (κ2) is 8.57. The Morgan fingerprint density at radius 3 is 2.48 bits per heavy atom. The van der Waals surface area contributed by atoms with Crippen molar-refractivity contribution in [3.05, 3.63) is 77.4 Å². The van der Waals surface area contributed by atoms with Gasteiger partial charge in [-0.15, -0.1) is 15.0 Å². The SMILES string of the molecule is CC(C)c1cc(CCO)cc(-n2nc3ccc(C(=O)Nc4ccccc4)cc3n2)c1O. The van der Waals surface area contributed by atoms with Crippen LogP contribution in [0.1, 0.15) is 41.3 Å². The van der Waals surface area contributed by atoms with Gasteiger partial charge in [-0.05, 0) is 59.9 Å². The molecule has 4 aromatic rings. The number of phenols is 1. The van der Waals surface area contributed by atoms with Crippen molar-refractivity contribution in [1.29, 1.82) is 0 Å². The van der Waals surface area contributed by atoms with E-state index >= 15 is 0 Å². The number of phenolic OH excluding ortho intramolecular Hbond substituents is 1. The summed E-state index contributed by atoms with van der Waals surface area (Å²) in [6.07, 6.45) is 0.470. The zero-order chi connectivity index (χ0) is 22.0. The number of aliphatic hydroxyl groups excluding tert-OH is 1. The van der Waals surface area contributed by atoms with Crippen LogP contribution in [0.25, 0.3) is 16.7 Å². The number of aromatic nitrogens is 3. The minimum atomic E-state index is -0.238. The summed E-state index contributed by atoms with van der Waals surface area (Å²) in [6, 6.07) is 18.0. The first kappa shape index (κ1) is 20.6. The molecular formula is C24H24N4O3. The molecule has 7 nitrogen and oxygen atoms in total. The third kappa shape index (κ3) is 4.27. The first-order valence-corrected chi connectivity index (χ1v) is 10.2. The van der Waals surface area contributed by atoms with Gasteiger partial charge in [-0.25, -0.2) is 0 Å². The average molecular weight is 416 g/mol. The lowest BCUT2D eigenvalue weighted by atomic mass is 9.97. The van der Waals surface area contributed by atoms with Gasteiger partial charge in [0.15, 0.2) is 0 Å². The molecule has 3 aromatic carbocycles. The van der Waals surface area contributed by atoms with E-state index in [0.717, 1.165) is 11.1 Å². The van der Waals surface area contributed by atoms with E-state index in [2.05, 4.69) is 15.5 Å². The van der Waals surface area contributed by atoms with E-state index in [9.17, 15) is 15.0 Å². The summed E-state index contributed by atoms with van der Waals surface area (Å²) in [5, 5.41) is 32.0. The Morgan fingerprint density at radius 1 is 1.03 bits per heavy atom. The van der Waals surface area contributed by atoms with E-state index in [1.54, 1.807) is 24.3 Å². The molecule has 1 amide bonds. The number of rotatable bonds is 6. The standard InChI is InChI=1S/C24H24N4O3/c1-15(2)19-12-16(10-11-29)13-22(23(19)30)28-26-20-9-8-17(14-21(20)27-28)24(31)25-18-6-4-3-5-7-18/h3-9,12-15,29-30H,10-11H2,1-2H3,(H,25,31). The van der Waals surface area contributed by atoms with E-state index in [1.807, 2.05) is 50.2 Å². The van der Waals surface area contributed by atoms with E-state index in [-0.39, 0.29) is 24.2 Å². The van der Waals surface area contributed by atoms with Crippen LogP contribution in [0.2, 0.25) is 0 Å². The molecule has 31 heavy (non-hydrogen) atoms. The van der Waals surface area contributed by atoms with Gasteiger partial charge in [-0.3, -0.25) is 4.79 Å². The smallest absolute Gasteiger partial charge is 0.255 e.